The number of carbonyl (C=O) groups is 1. The van der Waals surface area contributed by atoms with Crippen LogP contribution in [0.5, 0.6) is 0 Å². The van der Waals surface area contributed by atoms with E-state index >= 15 is 0 Å². The van der Waals surface area contributed by atoms with Gasteiger partial charge in [-0.2, -0.15) is 0 Å². The SMILES string of the molecule is CCCCC1(CC[C@H]2O[C@@H]2COC(C)=O)OCCO1. The highest BCUT2D eigenvalue weighted by Crippen LogP contribution is 2.35. The average Bonchev–Trinajstić information content (AvgIpc) is 2.99. The molecule has 0 spiro atoms. The van der Waals surface area contributed by atoms with E-state index in [0.29, 0.717) is 19.8 Å². The number of epoxide rings is 1. The second-order valence-corrected chi connectivity index (χ2v) is 5.27. The quantitative estimate of drug-likeness (QED) is 0.500. The summed E-state index contributed by atoms with van der Waals surface area (Å²) in [6.45, 7) is 5.32. The monoisotopic (exact) mass is 272 g/mol. The third-order valence-corrected chi connectivity index (χ3v) is 3.67. The van der Waals surface area contributed by atoms with Gasteiger partial charge >= 0.3 is 5.97 Å². The molecule has 0 aromatic heterocycles. The minimum atomic E-state index is -0.395. The van der Waals surface area contributed by atoms with Crippen molar-refractivity contribution in [2.45, 2.75) is 63.9 Å². The lowest BCUT2D eigenvalue weighted by molar-refractivity contribution is -0.169. The molecule has 0 amide bonds. The molecule has 0 aliphatic carbocycles. The highest BCUT2D eigenvalue weighted by atomic mass is 16.7. The number of hydrogen-bond acceptors (Lipinski definition) is 5. The lowest BCUT2D eigenvalue weighted by atomic mass is 10.0. The zero-order valence-corrected chi connectivity index (χ0v) is 11.9. The molecule has 2 saturated heterocycles. The van der Waals surface area contributed by atoms with Gasteiger partial charge in [0.1, 0.15) is 12.7 Å². The summed E-state index contributed by atoms with van der Waals surface area (Å²) in [4.78, 5) is 10.7. The predicted molar refractivity (Wildman–Crippen MR) is 68.7 cm³/mol. The summed E-state index contributed by atoms with van der Waals surface area (Å²) >= 11 is 0. The van der Waals surface area contributed by atoms with Crippen molar-refractivity contribution in [1.82, 2.24) is 0 Å². The van der Waals surface area contributed by atoms with E-state index in [4.69, 9.17) is 18.9 Å². The lowest BCUT2D eigenvalue weighted by Crippen LogP contribution is -2.30. The second kappa shape index (κ2) is 6.68. The van der Waals surface area contributed by atoms with E-state index in [1.807, 2.05) is 0 Å². The van der Waals surface area contributed by atoms with Crippen molar-refractivity contribution in [3.63, 3.8) is 0 Å². The molecule has 0 aromatic rings. The van der Waals surface area contributed by atoms with Crippen molar-refractivity contribution in [1.29, 1.82) is 0 Å². The number of ether oxygens (including phenoxy) is 4. The van der Waals surface area contributed by atoms with Crippen LogP contribution in [0.25, 0.3) is 0 Å². The van der Waals surface area contributed by atoms with Crippen LogP contribution in [0.4, 0.5) is 0 Å². The molecule has 0 saturated carbocycles. The molecule has 2 aliphatic rings. The van der Waals surface area contributed by atoms with Gasteiger partial charge in [-0.1, -0.05) is 13.3 Å². The zero-order chi connectivity index (χ0) is 13.7. The normalized spacial score (nSPS) is 28.3. The third-order valence-electron chi connectivity index (χ3n) is 3.67. The molecule has 2 fully saturated rings. The highest BCUT2D eigenvalue weighted by Gasteiger charge is 2.43. The first-order chi connectivity index (χ1) is 9.15. The Hall–Kier alpha value is -0.650. The molecule has 0 radical (unpaired) electrons. The van der Waals surface area contributed by atoms with Gasteiger partial charge in [0.15, 0.2) is 5.79 Å². The van der Waals surface area contributed by atoms with E-state index in [-0.39, 0.29) is 18.2 Å². The molecule has 5 nitrogen and oxygen atoms in total. The van der Waals surface area contributed by atoms with Crippen molar-refractivity contribution in [3.8, 4) is 0 Å². The number of hydrogen-bond donors (Lipinski definition) is 0. The van der Waals surface area contributed by atoms with Crippen LogP contribution in [0.1, 0.15) is 46.0 Å². The molecular formula is C14H24O5. The van der Waals surface area contributed by atoms with Gasteiger partial charge in [-0.15, -0.1) is 0 Å². The van der Waals surface area contributed by atoms with Crippen molar-refractivity contribution >= 4 is 5.97 Å². The van der Waals surface area contributed by atoms with E-state index < -0.39 is 5.79 Å². The van der Waals surface area contributed by atoms with Crippen LogP contribution in [-0.4, -0.2) is 43.8 Å². The fraction of sp³-hybridized carbons (Fsp3) is 0.929. The average molecular weight is 272 g/mol. The first-order valence-electron chi connectivity index (χ1n) is 7.22. The highest BCUT2D eigenvalue weighted by molar-refractivity contribution is 5.65. The van der Waals surface area contributed by atoms with Crippen molar-refractivity contribution in [2.24, 2.45) is 0 Å². The predicted octanol–water partition coefficient (Wildman–Crippen LogP) is 2.03. The van der Waals surface area contributed by atoms with Gasteiger partial charge in [0, 0.05) is 19.8 Å². The molecule has 2 heterocycles. The van der Waals surface area contributed by atoms with E-state index in [0.717, 1.165) is 32.1 Å². The van der Waals surface area contributed by atoms with Gasteiger partial charge < -0.3 is 18.9 Å². The lowest BCUT2D eigenvalue weighted by Gasteiger charge is -2.27. The fourth-order valence-electron chi connectivity index (χ4n) is 2.50. The maximum Gasteiger partial charge on any atom is 0.302 e. The first kappa shape index (κ1) is 14.8. The Morgan fingerprint density at radius 1 is 1.26 bits per heavy atom. The van der Waals surface area contributed by atoms with Crippen LogP contribution in [0.15, 0.2) is 0 Å². The molecule has 110 valence electrons. The summed E-state index contributed by atoms with van der Waals surface area (Å²) < 4.78 is 22.0. The van der Waals surface area contributed by atoms with Crippen molar-refractivity contribution in [3.05, 3.63) is 0 Å². The summed E-state index contributed by atoms with van der Waals surface area (Å²) in [7, 11) is 0. The van der Waals surface area contributed by atoms with Crippen molar-refractivity contribution in [2.75, 3.05) is 19.8 Å². The Morgan fingerprint density at radius 2 is 2.00 bits per heavy atom. The van der Waals surface area contributed by atoms with E-state index in [1.54, 1.807) is 0 Å². The molecule has 2 rings (SSSR count). The largest absolute Gasteiger partial charge is 0.463 e. The summed E-state index contributed by atoms with van der Waals surface area (Å²) in [5.41, 5.74) is 0. The molecule has 0 N–H and O–H groups in total. The summed E-state index contributed by atoms with van der Waals surface area (Å²) in [6, 6.07) is 0. The van der Waals surface area contributed by atoms with E-state index in [2.05, 4.69) is 6.92 Å². The Morgan fingerprint density at radius 3 is 2.63 bits per heavy atom. The summed E-state index contributed by atoms with van der Waals surface area (Å²) in [5, 5.41) is 0. The number of unbranched alkanes of at least 4 members (excludes halogenated alkanes) is 1. The Balaban J connectivity index is 1.67. The van der Waals surface area contributed by atoms with Gasteiger partial charge in [-0.05, 0) is 12.8 Å². The maximum atomic E-state index is 10.7. The molecule has 0 aromatic carbocycles. The van der Waals surface area contributed by atoms with Gasteiger partial charge in [-0.25, -0.2) is 0 Å². The van der Waals surface area contributed by atoms with Gasteiger partial charge in [0.25, 0.3) is 0 Å². The molecule has 0 bridgehead atoms. The molecule has 0 unspecified atom stereocenters. The number of carbonyl (C=O) groups excluding carboxylic acids is 1. The molecule has 5 heteroatoms. The van der Waals surface area contributed by atoms with E-state index in [9.17, 15) is 4.79 Å². The molecule has 19 heavy (non-hydrogen) atoms. The minimum Gasteiger partial charge on any atom is -0.463 e. The summed E-state index contributed by atoms with van der Waals surface area (Å²) in [5.74, 6) is -0.648. The van der Waals surface area contributed by atoms with E-state index in [1.165, 1.54) is 6.92 Å². The molecule has 2 aliphatic heterocycles. The van der Waals surface area contributed by atoms with Crippen molar-refractivity contribution < 1.29 is 23.7 Å². The van der Waals surface area contributed by atoms with Crippen LogP contribution in [-0.2, 0) is 23.7 Å². The summed E-state index contributed by atoms with van der Waals surface area (Å²) in [6.07, 6.45) is 5.21. The Labute approximate surface area is 114 Å². The van der Waals surface area contributed by atoms with Crippen LogP contribution < -0.4 is 0 Å². The second-order valence-electron chi connectivity index (χ2n) is 5.27. The molecular weight excluding hydrogens is 248 g/mol. The number of esters is 1. The maximum absolute atomic E-state index is 10.7. The standard InChI is InChI=1S/C14H24O5/c1-3-4-6-14(17-8-9-18-14)7-5-12-13(19-12)10-16-11(2)15/h12-13H,3-10H2,1-2H3/t12-,13-/m1/s1. The van der Waals surface area contributed by atoms with Crippen LogP contribution in [0.2, 0.25) is 0 Å². The van der Waals surface area contributed by atoms with Gasteiger partial charge in [-0.3, -0.25) is 4.79 Å². The Bertz CT molecular complexity index is 298. The third kappa shape index (κ3) is 4.44. The van der Waals surface area contributed by atoms with Gasteiger partial charge in [0.2, 0.25) is 0 Å². The van der Waals surface area contributed by atoms with Crippen LogP contribution >= 0.6 is 0 Å². The van der Waals surface area contributed by atoms with Crippen LogP contribution in [0.3, 0.4) is 0 Å². The number of rotatable bonds is 8. The minimum absolute atomic E-state index is 0.0635. The topological polar surface area (TPSA) is 57.3 Å². The molecule has 2 atom stereocenters. The smallest absolute Gasteiger partial charge is 0.302 e. The first-order valence-corrected chi connectivity index (χ1v) is 7.22. The van der Waals surface area contributed by atoms with Crippen LogP contribution in [0, 0.1) is 0 Å². The Kier molecular flexibility index (Phi) is 5.19. The fourth-order valence-corrected chi connectivity index (χ4v) is 2.50. The van der Waals surface area contributed by atoms with Gasteiger partial charge in [0.05, 0.1) is 19.3 Å². The zero-order valence-electron chi connectivity index (χ0n) is 11.9.